The van der Waals surface area contributed by atoms with Gasteiger partial charge < -0.3 is 20.2 Å². The number of aromatic nitrogens is 3. The third-order valence-corrected chi connectivity index (χ3v) is 6.38. The molecule has 1 heterocycles. The van der Waals surface area contributed by atoms with Crippen LogP contribution in [0, 0.1) is 0 Å². The van der Waals surface area contributed by atoms with Crippen molar-refractivity contribution in [1.29, 1.82) is 0 Å². The Kier molecular flexibility index (Phi) is 7.47. The molecule has 0 spiro atoms. The number of nitrogens with zero attached hydrogens (tertiary/aromatic N) is 4. The summed E-state index contributed by atoms with van der Waals surface area (Å²) in [5.41, 5.74) is 0.706. The Labute approximate surface area is 182 Å². The molecule has 0 aliphatic heterocycles. The van der Waals surface area contributed by atoms with E-state index in [0.717, 1.165) is 12.8 Å². The summed E-state index contributed by atoms with van der Waals surface area (Å²) in [5, 5.41) is 8.90. The number of hydrogen-bond donors (Lipinski definition) is 1. The van der Waals surface area contributed by atoms with Crippen LogP contribution in [0.4, 0.5) is 0 Å². The number of amides is 1. The molecule has 1 aliphatic rings. The molecule has 1 saturated carbocycles. The molecule has 30 heavy (non-hydrogen) atoms. The number of benzene rings is 1. The number of hydrogen-bond acceptors (Lipinski definition) is 7. The lowest BCUT2D eigenvalue weighted by molar-refractivity contribution is -0.133. The average Bonchev–Trinajstić information content (AvgIpc) is 3.12. The van der Waals surface area contributed by atoms with Crippen LogP contribution in [-0.2, 0) is 4.79 Å². The predicted octanol–water partition coefficient (Wildman–Crippen LogP) is 3.34. The van der Waals surface area contributed by atoms with Gasteiger partial charge in [0, 0.05) is 18.2 Å². The summed E-state index contributed by atoms with van der Waals surface area (Å²) in [6.45, 7) is 4.16. The Bertz CT molecular complexity index is 864. The van der Waals surface area contributed by atoms with E-state index in [1.807, 2.05) is 17.0 Å². The lowest BCUT2D eigenvalue weighted by Gasteiger charge is -2.37. The maximum atomic E-state index is 13.0. The number of nitrogen functional groups attached to an aromatic ring is 1. The number of carbonyl (C=O) groups excluding carboxylic acids is 1. The van der Waals surface area contributed by atoms with Crippen molar-refractivity contribution in [3.63, 3.8) is 0 Å². The molecule has 1 aromatic carbocycles. The van der Waals surface area contributed by atoms with E-state index in [2.05, 4.69) is 24.0 Å². The number of nitrogens with two attached hydrogens (primary N) is 1. The van der Waals surface area contributed by atoms with Gasteiger partial charge in [0.15, 0.2) is 5.82 Å². The van der Waals surface area contributed by atoms with Gasteiger partial charge in [-0.15, -0.1) is 10.2 Å². The standard InChI is InChI=1S/C21H31N5O3S/c1-14(2)25(15-8-6-5-7-9-15)19(27)13-30-21-24-23-20(26(21)22)17-11-10-16(28-3)12-18(17)29-4/h10-12,14-15H,5-9,13,22H2,1-4H3. The zero-order valence-electron chi connectivity index (χ0n) is 18.1. The number of ether oxygens (including phenoxy) is 2. The zero-order valence-corrected chi connectivity index (χ0v) is 18.9. The summed E-state index contributed by atoms with van der Waals surface area (Å²) in [5.74, 6) is 8.39. The van der Waals surface area contributed by atoms with E-state index in [1.54, 1.807) is 20.3 Å². The smallest absolute Gasteiger partial charge is 0.233 e. The molecule has 1 aliphatic carbocycles. The average molecular weight is 434 g/mol. The fourth-order valence-corrected chi connectivity index (χ4v) is 4.74. The highest BCUT2D eigenvalue weighted by molar-refractivity contribution is 7.99. The van der Waals surface area contributed by atoms with Crippen molar-refractivity contribution in [2.45, 2.75) is 63.2 Å². The third-order valence-electron chi connectivity index (χ3n) is 5.45. The van der Waals surface area contributed by atoms with Crippen LogP contribution in [0.15, 0.2) is 23.4 Å². The maximum Gasteiger partial charge on any atom is 0.233 e. The molecule has 1 aromatic heterocycles. The lowest BCUT2D eigenvalue weighted by Crippen LogP contribution is -2.46. The Hall–Kier alpha value is -2.42. The number of methoxy groups -OCH3 is 2. The van der Waals surface area contributed by atoms with Crippen LogP contribution in [0.1, 0.15) is 46.0 Å². The Balaban J connectivity index is 1.73. The summed E-state index contributed by atoms with van der Waals surface area (Å²) in [4.78, 5) is 15.0. The normalized spacial score (nSPS) is 14.7. The topological polar surface area (TPSA) is 95.5 Å². The van der Waals surface area contributed by atoms with Crippen LogP contribution in [0.2, 0.25) is 0 Å². The van der Waals surface area contributed by atoms with Gasteiger partial charge in [0.1, 0.15) is 11.5 Å². The minimum atomic E-state index is 0.119. The first-order valence-electron chi connectivity index (χ1n) is 10.3. The van der Waals surface area contributed by atoms with E-state index in [9.17, 15) is 4.79 Å². The van der Waals surface area contributed by atoms with E-state index in [0.29, 0.717) is 34.1 Å². The van der Waals surface area contributed by atoms with E-state index in [-0.39, 0.29) is 17.7 Å². The highest BCUT2D eigenvalue weighted by atomic mass is 32.2. The molecule has 0 atom stereocenters. The molecule has 2 aromatic rings. The van der Waals surface area contributed by atoms with E-state index in [4.69, 9.17) is 15.3 Å². The Morgan fingerprint density at radius 1 is 1.23 bits per heavy atom. The molecular formula is C21H31N5O3S. The third kappa shape index (κ3) is 4.83. The molecule has 1 amide bonds. The van der Waals surface area contributed by atoms with Crippen molar-refractivity contribution in [3.05, 3.63) is 18.2 Å². The molecule has 1 fully saturated rings. The second kappa shape index (κ2) is 10.1. The molecule has 2 N–H and O–H groups in total. The fourth-order valence-electron chi connectivity index (χ4n) is 4.02. The van der Waals surface area contributed by atoms with Crippen molar-refractivity contribution in [3.8, 4) is 22.9 Å². The maximum absolute atomic E-state index is 13.0. The van der Waals surface area contributed by atoms with Crippen LogP contribution in [-0.4, -0.2) is 57.7 Å². The molecule has 0 bridgehead atoms. The first-order valence-corrected chi connectivity index (χ1v) is 11.3. The van der Waals surface area contributed by atoms with E-state index < -0.39 is 0 Å². The first kappa shape index (κ1) is 22.3. The SMILES string of the molecule is COc1ccc(-c2nnc(SCC(=O)N(C(C)C)C3CCCCC3)n2N)c(OC)c1. The van der Waals surface area contributed by atoms with Crippen molar-refractivity contribution < 1.29 is 14.3 Å². The van der Waals surface area contributed by atoms with Crippen molar-refractivity contribution in [1.82, 2.24) is 19.8 Å². The number of carbonyl (C=O) groups is 1. The molecule has 9 heteroatoms. The highest BCUT2D eigenvalue weighted by Gasteiger charge is 2.28. The zero-order chi connectivity index (χ0) is 21.7. The first-order chi connectivity index (χ1) is 14.5. The van der Waals surface area contributed by atoms with Gasteiger partial charge in [0.05, 0.1) is 25.5 Å². The quantitative estimate of drug-likeness (QED) is 0.504. The van der Waals surface area contributed by atoms with Gasteiger partial charge in [-0.2, -0.15) is 0 Å². The van der Waals surface area contributed by atoms with Crippen molar-refractivity contribution in [2.24, 2.45) is 0 Å². The van der Waals surface area contributed by atoms with Crippen LogP contribution in [0.25, 0.3) is 11.4 Å². The summed E-state index contributed by atoms with van der Waals surface area (Å²) in [7, 11) is 3.18. The van der Waals surface area contributed by atoms with Gasteiger partial charge in [-0.1, -0.05) is 31.0 Å². The molecule has 8 nitrogen and oxygen atoms in total. The van der Waals surface area contributed by atoms with Gasteiger partial charge >= 0.3 is 0 Å². The van der Waals surface area contributed by atoms with Crippen LogP contribution < -0.4 is 15.3 Å². The Morgan fingerprint density at radius 2 is 1.97 bits per heavy atom. The summed E-state index contributed by atoms with van der Waals surface area (Å²) in [6.07, 6.45) is 5.82. The summed E-state index contributed by atoms with van der Waals surface area (Å²) in [6, 6.07) is 5.92. The Morgan fingerprint density at radius 3 is 2.60 bits per heavy atom. The van der Waals surface area contributed by atoms with Crippen molar-refractivity contribution >= 4 is 17.7 Å². The summed E-state index contributed by atoms with van der Waals surface area (Å²) < 4.78 is 12.1. The molecule has 3 rings (SSSR count). The lowest BCUT2D eigenvalue weighted by atomic mass is 9.93. The highest BCUT2D eigenvalue weighted by Crippen LogP contribution is 2.33. The molecule has 0 unspecified atom stereocenters. The summed E-state index contributed by atoms with van der Waals surface area (Å²) >= 11 is 1.31. The minimum absolute atomic E-state index is 0.119. The minimum Gasteiger partial charge on any atom is -0.497 e. The van der Waals surface area contributed by atoms with Gasteiger partial charge in [-0.25, -0.2) is 4.68 Å². The van der Waals surface area contributed by atoms with E-state index in [1.165, 1.54) is 35.7 Å². The number of thioether (sulfide) groups is 1. The van der Waals surface area contributed by atoms with Crippen molar-refractivity contribution in [2.75, 3.05) is 25.8 Å². The predicted molar refractivity (Wildman–Crippen MR) is 118 cm³/mol. The van der Waals surface area contributed by atoms with Gasteiger partial charge in [0.25, 0.3) is 0 Å². The van der Waals surface area contributed by atoms with Gasteiger partial charge in [-0.05, 0) is 38.8 Å². The van der Waals surface area contributed by atoms with E-state index >= 15 is 0 Å². The number of rotatable bonds is 8. The van der Waals surface area contributed by atoms with Gasteiger partial charge in [0.2, 0.25) is 11.1 Å². The molecule has 0 saturated heterocycles. The molecule has 164 valence electrons. The second-order valence-electron chi connectivity index (χ2n) is 7.72. The van der Waals surface area contributed by atoms with Crippen LogP contribution in [0.5, 0.6) is 11.5 Å². The largest absolute Gasteiger partial charge is 0.497 e. The monoisotopic (exact) mass is 433 g/mol. The van der Waals surface area contributed by atoms with Gasteiger partial charge in [-0.3, -0.25) is 4.79 Å². The van der Waals surface area contributed by atoms with Crippen LogP contribution in [0.3, 0.4) is 0 Å². The molecular weight excluding hydrogens is 402 g/mol. The fraction of sp³-hybridized carbons (Fsp3) is 0.571. The molecule has 0 radical (unpaired) electrons. The second-order valence-corrected chi connectivity index (χ2v) is 8.66. The van der Waals surface area contributed by atoms with Crippen LogP contribution >= 0.6 is 11.8 Å².